The van der Waals surface area contributed by atoms with Gasteiger partial charge in [-0.1, -0.05) is 54.1 Å². The molecule has 0 saturated carbocycles. The van der Waals surface area contributed by atoms with Crippen molar-refractivity contribution in [2.75, 3.05) is 25.0 Å². The van der Waals surface area contributed by atoms with Crippen molar-refractivity contribution in [1.82, 2.24) is 0 Å². The third-order valence-corrected chi connectivity index (χ3v) is 4.91. The molecule has 3 aromatic carbocycles. The van der Waals surface area contributed by atoms with Gasteiger partial charge in [0, 0.05) is 53.5 Å². The highest BCUT2D eigenvalue weighted by Gasteiger charge is 2.28. The van der Waals surface area contributed by atoms with E-state index in [4.69, 9.17) is 27.8 Å². The van der Waals surface area contributed by atoms with Gasteiger partial charge < -0.3 is 21.5 Å². The molecule has 4 rings (SSSR count). The van der Waals surface area contributed by atoms with Crippen LogP contribution in [0.15, 0.2) is 66.7 Å². The van der Waals surface area contributed by atoms with Crippen LogP contribution in [0.4, 0.5) is 10.1 Å². The normalized spacial score (nSPS) is 14.4. The van der Waals surface area contributed by atoms with Crippen molar-refractivity contribution in [3.63, 3.8) is 0 Å². The Morgan fingerprint density at radius 2 is 1.66 bits per heavy atom. The zero-order chi connectivity index (χ0) is 20.6. The summed E-state index contributed by atoms with van der Waals surface area (Å²) in [6.07, 6.45) is 0.515. The summed E-state index contributed by atoms with van der Waals surface area (Å²) in [5.41, 5.74) is 13.9. The van der Waals surface area contributed by atoms with Gasteiger partial charge in [-0.15, -0.1) is 0 Å². The predicted octanol–water partition coefficient (Wildman–Crippen LogP) is 4.47. The van der Waals surface area contributed by atoms with Crippen molar-refractivity contribution in [2.45, 2.75) is 12.5 Å². The van der Waals surface area contributed by atoms with Gasteiger partial charge in [0.2, 0.25) is 0 Å². The first-order chi connectivity index (χ1) is 14.2. The summed E-state index contributed by atoms with van der Waals surface area (Å²) in [4.78, 5) is 0. The first kappa shape index (κ1) is 21.1. The van der Waals surface area contributed by atoms with E-state index in [-0.39, 0.29) is 11.9 Å². The van der Waals surface area contributed by atoms with Gasteiger partial charge >= 0.3 is 0 Å². The summed E-state index contributed by atoms with van der Waals surface area (Å²) in [7, 11) is 0. The molecule has 0 amide bonds. The molecule has 1 aliphatic heterocycles. The Morgan fingerprint density at radius 1 is 0.966 bits per heavy atom. The predicted molar refractivity (Wildman–Crippen MR) is 118 cm³/mol. The van der Waals surface area contributed by atoms with Crippen molar-refractivity contribution in [2.24, 2.45) is 11.5 Å². The van der Waals surface area contributed by atoms with Crippen LogP contribution < -0.4 is 21.5 Å². The molecule has 0 spiro atoms. The second kappa shape index (κ2) is 10.3. The first-order valence-electron chi connectivity index (χ1n) is 9.56. The molecule has 0 radical (unpaired) electrons. The molecule has 1 unspecified atom stereocenters. The molecule has 0 aliphatic carbocycles. The number of rotatable bonds is 5. The van der Waals surface area contributed by atoms with Crippen molar-refractivity contribution in [1.29, 1.82) is 0 Å². The van der Waals surface area contributed by atoms with E-state index >= 15 is 0 Å². The quantitative estimate of drug-likeness (QED) is 0.577. The van der Waals surface area contributed by atoms with Crippen molar-refractivity contribution in [3.05, 3.63) is 83.1 Å². The fourth-order valence-corrected chi connectivity index (χ4v) is 3.55. The van der Waals surface area contributed by atoms with Gasteiger partial charge in [0.15, 0.2) is 0 Å². The zero-order valence-electron chi connectivity index (χ0n) is 16.1. The molecule has 1 atom stereocenters. The van der Waals surface area contributed by atoms with Crippen LogP contribution in [-0.2, 0) is 6.42 Å². The Balaban J connectivity index is 0.000000343. The summed E-state index contributed by atoms with van der Waals surface area (Å²) >= 11 is 6.41. The largest absolute Gasteiger partial charge is 0.488 e. The molecule has 4 nitrogen and oxygen atoms in total. The van der Waals surface area contributed by atoms with Crippen molar-refractivity contribution in [3.8, 4) is 16.9 Å². The minimum atomic E-state index is -0.335. The fraction of sp³-hybridized carbons (Fsp3) is 0.217. The molecule has 29 heavy (non-hydrogen) atoms. The van der Waals surface area contributed by atoms with Gasteiger partial charge in [-0.05, 0) is 24.3 Å². The summed E-state index contributed by atoms with van der Waals surface area (Å²) < 4.78 is 20.4. The number of halogens is 2. The molecule has 3 aromatic rings. The topological polar surface area (TPSA) is 73.3 Å². The van der Waals surface area contributed by atoms with Crippen LogP contribution >= 0.6 is 11.6 Å². The lowest BCUT2D eigenvalue weighted by molar-refractivity contribution is 0.241. The second-order valence-corrected chi connectivity index (χ2v) is 7.02. The summed E-state index contributed by atoms with van der Waals surface area (Å²) in [5.74, 6) is 0.381. The summed E-state index contributed by atoms with van der Waals surface area (Å²) in [5, 5.41) is 3.65. The monoisotopic (exact) mass is 413 g/mol. The summed E-state index contributed by atoms with van der Waals surface area (Å²) in [6.45, 7) is 1.40. The van der Waals surface area contributed by atoms with E-state index in [0.29, 0.717) is 53.6 Å². The molecule has 0 aromatic heterocycles. The number of benzene rings is 3. The third-order valence-electron chi connectivity index (χ3n) is 4.60. The Morgan fingerprint density at radius 3 is 2.28 bits per heavy atom. The molecule has 152 valence electrons. The third kappa shape index (κ3) is 5.07. The van der Waals surface area contributed by atoms with E-state index in [1.165, 1.54) is 6.07 Å². The van der Waals surface area contributed by atoms with Crippen LogP contribution in [0.2, 0.25) is 5.02 Å². The number of nitrogens with two attached hydrogens (primary N) is 2. The lowest BCUT2D eigenvalue weighted by Crippen LogP contribution is -2.24. The Hall–Kier alpha value is -2.60. The second-order valence-electron chi connectivity index (χ2n) is 6.61. The Labute approximate surface area is 175 Å². The maximum Gasteiger partial charge on any atom is 0.133 e. The molecular formula is C23H25ClFN3O. The fourth-order valence-electron chi connectivity index (χ4n) is 3.28. The van der Waals surface area contributed by atoms with Gasteiger partial charge in [0.1, 0.15) is 17.7 Å². The molecule has 0 bridgehead atoms. The highest BCUT2D eigenvalue weighted by Crippen LogP contribution is 2.44. The van der Waals surface area contributed by atoms with Crippen molar-refractivity contribution < 1.29 is 9.13 Å². The molecule has 1 heterocycles. The number of anilines is 1. The van der Waals surface area contributed by atoms with Gasteiger partial charge in [0.25, 0.3) is 0 Å². The molecule has 6 heteroatoms. The van der Waals surface area contributed by atoms with E-state index in [2.05, 4.69) is 5.32 Å². The van der Waals surface area contributed by atoms with Gasteiger partial charge in [-0.3, -0.25) is 0 Å². The zero-order valence-corrected chi connectivity index (χ0v) is 16.8. The highest BCUT2D eigenvalue weighted by atomic mass is 35.5. The molecule has 0 fully saturated rings. The van der Waals surface area contributed by atoms with Gasteiger partial charge in [-0.25, -0.2) is 4.39 Å². The lowest BCUT2D eigenvalue weighted by Gasteiger charge is -2.16. The van der Waals surface area contributed by atoms with Crippen LogP contribution in [0.1, 0.15) is 5.56 Å². The van der Waals surface area contributed by atoms with E-state index in [1.807, 2.05) is 48.5 Å². The van der Waals surface area contributed by atoms with Crippen molar-refractivity contribution >= 4 is 17.3 Å². The standard InChI is InChI=1S/C17H19ClFN3O.C6H6/c18-12-4-5-15-11(8-10(9-21)23-15)16(12)17-13(19)2-1-3-14(17)22-7-6-20;1-2-4-6-5-3-1/h1-5,10,22H,6-9,20-21H2;1-6H. The van der Waals surface area contributed by atoms with E-state index in [9.17, 15) is 4.39 Å². The average Bonchev–Trinajstić information content (AvgIpc) is 3.18. The average molecular weight is 414 g/mol. The number of ether oxygens (including phenoxy) is 1. The number of nitrogens with one attached hydrogen (secondary N) is 1. The van der Waals surface area contributed by atoms with E-state index in [0.717, 1.165) is 5.56 Å². The molecule has 5 N–H and O–H groups in total. The van der Waals surface area contributed by atoms with Crippen LogP contribution in [0.5, 0.6) is 5.75 Å². The minimum Gasteiger partial charge on any atom is -0.488 e. The smallest absolute Gasteiger partial charge is 0.133 e. The van der Waals surface area contributed by atoms with E-state index < -0.39 is 0 Å². The van der Waals surface area contributed by atoms with E-state index in [1.54, 1.807) is 12.1 Å². The van der Waals surface area contributed by atoms with Crippen LogP contribution in [0.3, 0.4) is 0 Å². The number of hydrogen-bond acceptors (Lipinski definition) is 4. The minimum absolute atomic E-state index is 0.102. The maximum absolute atomic E-state index is 14.6. The number of hydrogen-bond donors (Lipinski definition) is 3. The molecule has 1 aliphatic rings. The van der Waals surface area contributed by atoms with Crippen LogP contribution in [-0.4, -0.2) is 25.7 Å². The Bertz CT molecular complexity index is 910. The Kier molecular flexibility index (Phi) is 7.47. The van der Waals surface area contributed by atoms with Gasteiger partial charge in [-0.2, -0.15) is 0 Å². The lowest BCUT2D eigenvalue weighted by atomic mass is 9.94. The highest BCUT2D eigenvalue weighted by molar-refractivity contribution is 6.33. The molecule has 0 saturated heterocycles. The summed E-state index contributed by atoms with van der Waals surface area (Å²) in [6, 6.07) is 20.4. The molecular weight excluding hydrogens is 389 g/mol. The maximum atomic E-state index is 14.6. The van der Waals surface area contributed by atoms with Crippen LogP contribution in [0.25, 0.3) is 11.1 Å². The number of fused-ring (bicyclic) bond motifs is 1. The van der Waals surface area contributed by atoms with Gasteiger partial charge in [0.05, 0.1) is 0 Å². The first-order valence-corrected chi connectivity index (χ1v) is 9.94. The SMILES string of the molecule is NCCNc1cccc(F)c1-c1c(Cl)ccc2c1CC(CN)O2.c1ccccc1. The van der Waals surface area contributed by atoms with Crippen LogP contribution in [0, 0.1) is 5.82 Å².